The van der Waals surface area contributed by atoms with Crippen molar-refractivity contribution in [3.05, 3.63) is 77.2 Å². The molecular weight excluding hydrogens is 362 g/mol. The lowest BCUT2D eigenvalue weighted by atomic mass is 9.86. The molecule has 0 aliphatic rings. The zero-order valence-electron chi connectivity index (χ0n) is 16.9. The summed E-state index contributed by atoms with van der Waals surface area (Å²) < 4.78 is 0. The molecular formula is C23H23N5O. The van der Waals surface area contributed by atoms with Gasteiger partial charge < -0.3 is 10.6 Å². The molecule has 0 spiro atoms. The van der Waals surface area contributed by atoms with Gasteiger partial charge in [-0.3, -0.25) is 4.79 Å². The number of aryl methyl sites for hydroxylation is 1. The number of hydrogen-bond donors (Lipinski definition) is 2. The van der Waals surface area contributed by atoms with Crippen LogP contribution in [-0.2, 0) is 5.41 Å². The Morgan fingerprint density at radius 3 is 2.34 bits per heavy atom. The molecule has 3 rings (SSSR count). The highest BCUT2D eigenvalue weighted by atomic mass is 16.1. The first-order chi connectivity index (χ1) is 13.8. The Balaban J connectivity index is 1.89. The number of amides is 1. The van der Waals surface area contributed by atoms with Crippen LogP contribution < -0.4 is 10.6 Å². The standard InChI is InChI=1S/C23H23N5O/c1-15-25-20(13-21(26-15)27-18-11-7-5-9-16(18)14-24)22(29)28-19-12-8-6-10-17(19)23(2,3)4/h5-13H,1-4H3,(H,28,29)(H,25,26,27). The number of benzene rings is 2. The molecule has 1 heterocycles. The molecule has 0 saturated heterocycles. The second-order valence-corrected chi connectivity index (χ2v) is 7.72. The van der Waals surface area contributed by atoms with Crippen LogP contribution in [0.1, 0.15) is 48.2 Å². The highest BCUT2D eigenvalue weighted by Crippen LogP contribution is 2.29. The van der Waals surface area contributed by atoms with Crippen molar-refractivity contribution < 1.29 is 4.79 Å². The maximum absolute atomic E-state index is 12.9. The summed E-state index contributed by atoms with van der Waals surface area (Å²) >= 11 is 0. The Hall–Kier alpha value is -3.72. The largest absolute Gasteiger partial charge is 0.339 e. The van der Waals surface area contributed by atoms with Crippen molar-refractivity contribution in [1.29, 1.82) is 5.26 Å². The maximum atomic E-state index is 12.9. The molecule has 0 atom stereocenters. The highest BCUT2D eigenvalue weighted by molar-refractivity contribution is 6.03. The van der Waals surface area contributed by atoms with Crippen LogP contribution >= 0.6 is 0 Å². The van der Waals surface area contributed by atoms with E-state index in [0.717, 1.165) is 11.3 Å². The minimum Gasteiger partial charge on any atom is -0.339 e. The van der Waals surface area contributed by atoms with Gasteiger partial charge in [0.1, 0.15) is 23.4 Å². The number of hydrogen-bond acceptors (Lipinski definition) is 5. The van der Waals surface area contributed by atoms with Gasteiger partial charge in [0, 0.05) is 11.8 Å². The van der Waals surface area contributed by atoms with E-state index in [0.29, 0.717) is 22.9 Å². The van der Waals surface area contributed by atoms with E-state index < -0.39 is 0 Å². The number of nitrogens with one attached hydrogen (secondary N) is 2. The molecule has 1 aromatic heterocycles. The summed E-state index contributed by atoms with van der Waals surface area (Å²) in [4.78, 5) is 21.5. The molecule has 29 heavy (non-hydrogen) atoms. The van der Waals surface area contributed by atoms with Crippen LogP contribution in [0.3, 0.4) is 0 Å². The van der Waals surface area contributed by atoms with Crippen molar-refractivity contribution in [2.75, 3.05) is 10.6 Å². The summed E-state index contributed by atoms with van der Waals surface area (Å²) in [6, 6.07) is 18.6. The topological polar surface area (TPSA) is 90.7 Å². The van der Waals surface area contributed by atoms with E-state index in [9.17, 15) is 10.1 Å². The van der Waals surface area contributed by atoms with Crippen LogP contribution in [0.25, 0.3) is 0 Å². The second-order valence-electron chi connectivity index (χ2n) is 7.72. The molecule has 2 aromatic carbocycles. The quantitative estimate of drug-likeness (QED) is 0.663. The van der Waals surface area contributed by atoms with Gasteiger partial charge in [0.25, 0.3) is 5.91 Å². The molecule has 0 fully saturated rings. The van der Waals surface area contributed by atoms with Gasteiger partial charge in [-0.2, -0.15) is 5.26 Å². The summed E-state index contributed by atoms with van der Waals surface area (Å²) in [6.45, 7) is 8.02. The predicted octanol–water partition coefficient (Wildman–Crippen LogP) is 4.95. The van der Waals surface area contributed by atoms with E-state index >= 15 is 0 Å². The molecule has 6 heteroatoms. The van der Waals surface area contributed by atoms with E-state index in [-0.39, 0.29) is 17.0 Å². The first-order valence-electron chi connectivity index (χ1n) is 9.30. The lowest BCUT2D eigenvalue weighted by Gasteiger charge is -2.23. The number of para-hydroxylation sites is 2. The molecule has 2 N–H and O–H groups in total. The van der Waals surface area contributed by atoms with Gasteiger partial charge in [-0.25, -0.2) is 9.97 Å². The van der Waals surface area contributed by atoms with Crippen molar-refractivity contribution in [1.82, 2.24) is 9.97 Å². The van der Waals surface area contributed by atoms with Crippen LogP contribution in [0.5, 0.6) is 0 Å². The molecule has 6 nitrogen and oxygen atoms in total. The molecule has 1 amide bonds. The van der Waals surface area contributed by atoms with Crippen LogP contribution in [0.4, 0.5) is 17.2 Å². The number of rotatable bonds is 4. The van der Waals surface area contributed by atoms with Gasteiger partial charge in [-0.1, -0.05) is 51.1 Å². The molecule has 0 saturated carbocycles. The van der Waals surface area contributed by atoms with E-state index in [1.807, 2.05) is 30.3 Å². The summed E-state index contributed by atoms with van der Waals surface area (Å²) in [7, 11) is 0. The highest BCUT2D eigenvalue weighted by Gasteiger charge is 2.20. The molecule has 0 unspecified atom stereocenters. The Kier molecular flexibility index (Phi) is 5.60. The minimum atomic E-state index is -0.316. The first-order valence-corrected chi connectivity index (χ1v) is 9.30. The van der Waals surface area contributed by atoms with Crippen molar-refractivity contribution in [2.45, 2.75) is 33.1 Å². The van der Waals surface area contributed by atoms with E-state index in [1.54, 1.807) is 31.2 Å². The monoisotopic (exact) mass is 385 g/mol. The number of nitriles is 1. The normalized spacial score (nSPS) is 10.9. The van der Waals surface area contributed by atoms with Gasteiger partial charge in [0.05, 0.1) is 11.3 Å². The lowest BCUT2D eigenvalue weighted by molar-refractivity contribution is 0.102. The number of aromatic nitrogens is 2. The fourth-order valence-electron chi connectivity index (χ4n) is 3.01. The van der Waals surface area contributed by atoms with Crippen LogP contribution in [0.2, 0.25) is 0 Å². The van der Waals surface area contributed by atoms with Gasteiger partial charge in [-0.05, 0) is 36.1 Å². The molecule has 3 aromatic rings. The van der Waals surface area contributed by atoms with Gasteiger partial charge in [0.2, 0.25) is 0 Å². The minimum absolute atomic E-state index is 0.112. The molecule has 0 aliphatic carbocycles. The zero-order chi connectivity index (χ0) is 21.0. The third-order valence-corrected chi connectivity index (χ3v) is 4.36. The zero-order valence-corrected chi connectivity index (χ0v) is 16.9. The van der Waals surface area contributed by atoms with Crippen molar-refractivity contribution in [2.24, 2.45) is 0 Å². The van der Waals surface area contributed by atoms with Crippen LogP contribution in [0.15, 0.2) is 54.6 Å². The van der Waals surface area contributed by atoms with E-state index in [2.05, 4.69) is 47.4 Å². The van der Waals surface area contributed by atoms with Crippen molar-refractivity contribution >= 4 is 23.1 Å². The number of anilines is 3. The number of carbonyl (C=O) groups excluding carboxylic acids is 1. The molecule has 0 aliphatic heterocycles. The summed E-state index contributed by atoms with van der Waals surface area (Å²) in [6.07, 6.45) is 0. The Bertz CT molecular complexity index is 1090. The van der Waals surface area contributed by atoms with Gasteiger partial charge in [-0.15, -0.1) is 0 Å². The van der Waals surface area contributed by atoms with E-state index in [1.165, 1.54) is 0 Å². The fraction of sp³-hybridized carbons (Fsp3) is 0.217. The Morgan fingerprint density at radius 2 is 1.66 bits per heavy atom. The lowest BCUT2D eigenvalue weighted by Crippen LogP contribution is -2.20. The summed E-state index contributed by atoms with van der Waals surface area (Å²) in [5.74, 6) is 0.594. The molecule has 0 radical (unpaired) electrons. The Labute approximate surface area is 170 Å². The van der Waals surface area contributed by atoms with Crippen LogP contribution in [-0.4, -0.2) is 15.9 Å². The fourth-order valence-corrected chi connectivity index (χ4v) is 3.01. The third-order valence-electron chi connectivity index (χ3n) is 4.36. The smallest absolute Gasteiger partial charge is 0.274 e. The van der Waals surface area contributed by atoms with Crippen LogP contribution in [0, 0.1) is 18.3 Å². The molecule has 0 bridgehead atoms. The average Bonchev–Trinajstić information content (AvgIpc) is 2.67. The first kappa shape index (κ1) is 20.0. The number of nitrogens with zero attached hydrogens (tertiary/aromatic N) is 3. The maximum Gasteiger partial charge on any atom is 0.274 e. The van der Waals surface area contributed by atoms with E-state index in [4.69, 9.17) is 0 Å². The predicted molar refractivity (Wildman–Crippen MR) is 114 cm³/mol. The average molecular weight is 385 g/mol. The third kappa shape index (κ3) is 4.77. The summed E-state index contributed by atoms with van der Waals surface area (Å²) in [5.41, 5.74) is 3.05. The Morgan fingerprint density at radius 1 is 1.00 bits per heavy atom. The van der Waals surface area contributed by atoms with Gasteiger partial charge in [0.15, 0.2) is 0 Å². The summed E-state index contributed by atoms with van der Waals surface area (Å²) in [5, 5.41) is 15.3. The van der Waals surface area contributed by atoms with Gasteiger partial charge >= 0.3 is 0 Å². The van der Waals surface area contributed by atoms with Crippen molar-refractivity contribution in [3.8, 4) is 6.07 Å². The molecule has 146 valence electrons. The second kappa shape index (κ2) is 8.11. The van der Waals surface area contributed by atoms with Crippen molar-refractivity contribution in [3.63, 3.8) is 0 Å². The SMILES string of the molecule is Cc1nc(Nc2ccccc2C#N)cc(C(=O)Nc2ccccc2C(C)(C)C)n1. The number of carbonyl (C=O) groups is 1.